The minimum Gasteiger partial charge on any atom is -0.457 e. The van der Waals surface area contributed by atoms with Gasteiger partial charge >= 0.3 is 0 Å². The third-order valence-corrected chi connectivity index (χ3v) is 1.79. The Labute approximate surface area is 70.3 Å². The highest BCUT2D eigenvalue weighted by Crippen LogP contribution is 2.19. The van der Waals surface area contributed by atoms with Gasteiger partial charge in [-0.25, -0.2) is 0 Å². The molecule has 1 radical (unpaired) electrons. The third-order valence-electron chi connectivity index (χ3n) is 1.18. The fourth-order valence-electron chi connectivity index (χ4n) is 0.706. The van der Waals surface area contributed by atoms with Crippen molar-refractivity contribution in [2.75, 3.05) is 0 Å². The molecule has 1 aliphatic rings. The molecule has 0 saturated heterocycles. The summed E-state index contributed by atoms with van der Waals surface area (Å²) < 4.78 is 5.56. The summed E-state index contributed by atoms with van der Waals surface area (Å²) >= 11 is 3.19. The van der Waals surface area contributed by atoms with Crippen LogP contribution in [0.5, 0.6) is 0 Å². The maximum atomic E-state index is 4.97. The molecule has 11 heavy (non-hydrogen) atoms. The second-order valence-electron chi connectivity index (χ2n) is 1.81. The van der Waals surface area contributed by atoms with Crippen LogP contribution in [-0.4, -0.2) is 5.84 Å². The van der Waals surface area contributed by atoms with Crippen LogP contribution in [0.25, 0.3) is 0 Å². The van der Waals surface area contributed by atoms with E-state index in [1.54, 1.807) is 6.07 Å². The molecule has 0 unspecified atom stereocenters. The van der Waals surface area contributed by atoms with Gasteiger partial charge in [0.25, 0.3) is 0 Å². The molecule has 5 nitrogen and oxygen atoms in total. The van der Waals surface area contributed by atoms with Crippen LogP contribution in [0.4, 0.5) is 0 Å². The Morgan fingerprint density at radius 2 is 2.27 bits per heavy atom. The number of furan rings is 1. The highest BCUT2D eigenvalue weighted by atomic mass is 79.9. The zero-order valence-electron chi connectivity index (χ0n) is 5.23. The first-order valence-electron chi connectivity index (χ1n) is 2.80. The molecule has 0 N–H and O–H groups in total. The van der Waals surface area contributed by atoms with Crippen LogP contribution < -0.4 is 5.43 Å². The van der Waals surface area contributed by atoms with Crippen molar-refractivity contribution >= 4 is 21.8 Å². The molecule has 0 amide bonds. The van der Waals surface area contributed by atoms with E-state index in [2.05, 4.69) is 36.9 Å². The molecular weight excluding hydrogens is 212 g/mol. The first-order chi connectivity index (χ1) is 5.38. The van der Waals surface area contributed by atoms with E-state index in [1.807, 2.05) is 0 Å². The molecule has 2 heterocycles. The van der Waals surface area contributed by atoms with Crippen molar-refractivity contribution in [1.29, 1.82) is 0 Å². The predicted octanol–water partition coefficient (Wildman–Crippen LogP) is 1.69. The summed E-state index contributed by atoms with van der Waals surface area (Å²) in [4.78, 5) is 0. The van der Waals surface area contributed by atoms with E-state index >= 15 is 0 Å². The number of halogens is 1. The van der Waals surface area contributed by atoms with Gasteiger partial charge in [0.15, 0.2) is 4.67 Å². The first-order valence-corrected chi connectivity index (χ1v) is 3.59. The van der Waals surface area contributed by atoms with Gasteiger partial charge in [0.1, 0.15) is 0 Å². The number of hydrogen-bond acceptors (Lipinski definition) is 4. The number of amidine groups is 1. The van der Waals surface area contributed by atoms with Gasteiger partial charge in [0.05, 0.1) is 11.8 Å². The number of nitrogens with zero attached hydrogens (tertiary/aromatic N) is 4. The lowest BCUT2D eigenvalue weighted by atomic mass is 10.3. The van der Waals surface area contributed by atoms with Crippen LogP contribution in [0.3, 0.4) is 0 Å². The van der Waals surface area contributed by atoms with Crippen molar-refractivity contribution in [1.82, 2.24) is 5.43 Å². The van der Waals surface area contributed by atoms with Gasteiger partial charge in [-0.1, -0.05) is 0 Å². The molecule has 0 bridgehead atoms. The molecule has 2 rings (SSSR count). The Morgan fingerprint density at radius 1 is 1.36 bits per heavy atom. The average molecular weight is 214 g/mol. The van der Waals surface area contributed by atoms with Crippen molar-refractivity contribution in [2.45, 2.75) is 0 Å². The summed E-state index contributed by atoms with van der Waals surface area (Å²) in [6, 6.07) is 1.74. The van der Waals surface area contributed by atoms with Crippen molar-refractivity contribution in [3.63, 3.8) is 0 Å². The van der Waals surface area contributed by atoms with Crippen LogP contribution in [0.15, 0.2) is 37.0 Å². The second kappa shape index (κ2) is 2.46. The van der Waals surface area contributed by atoms with Crippen LogP contribution in [0, 0.1) is 0 Å². The minimum absolute atomic E-state index is 0.464. The maximum Gasteiger partial charge on any atom is 0.211 e. The van der Waals surface area contributed by atoms with Crippen LogP contribution in [-0.2, 0) is 0 Å². The van der Waals surface area contributed by atoms with Gasteiger partial charge < -0.3 is 4.42 Å². The number of hydrogen-bond donors (Lipinski definition) is 0. The summed E-state index contributed by atoms with van der Waals surface area (Å²) in [7, 11) is 0. The Hall–Kier alpha value is -1.17. The molecule has 0 aromatic carbocycles. The highest BCUT2D eigenvalue weighted by Gasteiger charge is 2.14. The Kier molecular flexibility index (Phi) is 1.46. The van der Waals surface area contributed by atoms with Gasteiger partial charge in [0, 0.05) is 0 Å². The minimum atomic E-state index is 0.464. The van der Waals surface area contributed by atoms with E-state index < -0.39 is 0 Å². The Bertz CT molecular complexity index is 329. The SMILES string of the molecule is Brc1occc1C1=NN=N[N]1. The fourth-order valence-corrected chi connectivity index (χ4v) is 1.12. The van der Waals surface area contributed by atoms with E-state index in [0.29, 0.717) is 10.5 Å². The molecule has 0 saturated carbocycles. The quantitative estimate of drug-likeness (QED) is 0.701. The first kappa shape index (κ1) is 6.53. The van der Waals surface area contributed by atoms with Crippen LogP contribution >= 0.6 is 15.9 Å². The third kappa shape index (κ3) is 1.05. The topological polar surface area (TPSA) is 64.3 Å². The molecule has 0 fully saturated rings. The monoisotopic (exact) mass is 213 g/mol. The summed E-state index contributed by atoms with van der Waals surface area (Å²) in [5, 5.41) is 10.3. The second-order valence-corrected chi connectivity index (χ2v) is 2.53. The summed E-state index contributed by atoms with van der Waals surface area (Å²) in [5.41, 5.74) is 4.42. The molecule has 1 aromatic heterocycles. The normalized spacial score (nSPS) is 14.8. The zero-order valence-corrected chi connectivity index (χ0v) is 6.82. The zero-order chi connectivity index (χ0) is 7.68. The van der Waals surface area contributed by atoms with Gasteiger partial charge in [-0.3, -0.25) is 0 Å². The molecule has 0 spiro atoms. The van der Waals surface area contributed by atoms with E-state index in [-0.39, 0.29) is 0 Å². The van der Waals surface area contributed by atoms with Gasteiger partial charge in [-0.05, 0) is 32.4 Å². The van der Waals surface area contributed by atoms with Crippen molar-refractivity contribution in [3.05, 3.63) is 22.6 Å². The van der Waals surface area contributed by atoms with Gasteiger partial charge in [0.2, 0.25) is 5.84 Å². The fraction of sp³-hybridized carbons (Fsp3) is 0. The molecule has 1 aromatic rings. The van der Waals surface area contributed by atoms with Crippen molar-refractivity contribution < 1.29 is 4.42 Å². The molecule has 1 aliphatic heterocycles. The average Bonchev–Trinajstić information content (AvgIpc) is 2.55. The van der Waals surface area contributed by atoms with Crippen molar-refractivity contribution in [3.8, 4) is 0 Å². The Balaban J connectivity index is 2.37. The van der Waals surface area contributed by atoms with Crippen LogP contribution in [0.1, 0.15) is 5.56 Å². The lowest BCUT2D eigenvalue weighted by Gasteiger charge is -1.89. The highest BCUT2D eigenvalue weighted by molar-refractivity contribution is 9.10. The smallest absolute Gasteiger partial charge is 0.211 e. The molecule has 6 heteroatoms. The molecule has 0 aliphatic carbocycles. The largest absolute Gasteiger partial charge is 0.457 e. The van der Waals surface area contributed by atoms with E-state index in [0.717, 1.165) is 5.56 Å². The predicted molar refractivity (Wildman–Crippen MR) is 39.9 cm³/mol. The summed E-state index contributed by atoms with van der Waals surface area (Å²) in [6.45, 7) is 0. The standard InChI is InChI=1S/C5H2BrN4O/c6-4-3(1-2-11-4)5-7-9-10-8-5/h1-2H. The van der Waals surface area contributed by atoms with E-state index in [4.69, 9.17) is 4.42 Å². The molecule has 55 valence electrons. The maximum absolute atomic E-state index is 4.97. The van der Waals surface area contributed by atoms with E-state index in [1.165, 1.54) is 6.26 Å². The summed E-state index contributed by atoms with van der Waals surface area (Å²) in [5.74, 6) is 0.464. The summed E-state index contributed by atoms with van der Waals surface area (Å²) in [6.07, 6.45) is 1.54. The lowest BCUT2D eigenvalue weighted by Crippen LogP contribution is -2.06. The van der Waals surface area contributed by atoms with E-state index in [9.17, 15) is 0 Å². The van der Waals surface area contributed by atoms with Crippen molar-refractivity contribution in [2.24, 2.45) is 15.5 Å². The number of rotatable bonds is 1. The van der Waals surface area contributed by atoms with Crippen LogP contribution in [0.2, 0.25) is 0 Å². The molecule has 0 atom stereocenters. The lowest BCUT2D eigenvalue weighted by molar-refractivity contribution is 0.540. The molecular formula is C5H2BrN4O. The van der Waals surface area contributed by atoms with Gasteiger partial charge in [-0.15, -0.1) is 10.5 Å². The van der Waals surface area contributed by atoms with Gasteiger partial charge in [-0.2, -0.15) is 0 Å². The Morgan fingerprint density at radius 3 is 2.82 bits per heavy atom.